The molecule has 0 N–H and O–H groups in total. The van der Waals surface area contributed by atoms with Crippen LogP contribution in [0.3, 0.4) is 0 Å². The number of ketones is 1. The molecule has 8 heavy (non-hydrogen) atoms. The molecule has 0 aliphatic heterocycles. The molecule has 1 aliphatic rings. The van der Waals surface area contributed by atoms with Crippen LogP contribution in [-0.2, 0) is 4.79 Å². The summed E-state index contributed by atoms with van der Waals surface area (Å²) in [4.78, 5) is 20.7. The first-order valence-electron chi connectivity index (χ1n) is 2.31. The molecule has 0 amide bonds. The fourth-order valence-electron chi connectivity index (χ4n) is 0.811. The van der Waals surface area contributed by atoms with E-state index in [4.69, 9.17) is 0 Å². The van der Waals surface area contributed by atoms with Crippen LogP contribution in [0.15, 0.2) is 4.79 Å². The molecular formula is C6H2O2. The van der Waals surface area contributed by atoms with Crippen molar-refractivity contribution < 1.29 is 4.79 Å². The van der Waals surface area contributed by atoms with E-state index in [0.717, 1.165) is 0 Å². The third-order valence-electron chi connectivity index (χ3n) is 1.29. The first kappa shape index (κ1) is 3.78. The predicted molar refractivity (Wildman–Crippen MR) is 28.3 cm³/mol. The van der Waals surface area contributed by atoms with Crippen LogP contribution in [0.1, 0.15) is 0 Å². The number of carbonyl (C=O) groups excluding carboxylic acids is 1. The second-order valence-corrected chi connectivity index (χ2v) is 1.85. The van der Waals surface area contributed by atoms with E-state index in [2.05, 4.69) is 0 Å². The van der Waals surface area contributed by atoms with Gasteiger partial charge in [-0.2, -0.15) is 0 Å². The van der Waals surface area contributed by atoms with E-state index in [1.54, 1.807) is 0 Å². The molecule has 0 saturated heterocycles. The van der Waals surface area contributed by atoms with Crippen LogP contribution in [-0.4, -0.2) is 5.78 Å². The van der Waals surface area contributed by atoms with Gasteiger partial charge >= 0.3 is 0 Å². The van der Waals surface area contributed by atoms with Crippen molar-refractivity contribution in [1.82, 2.24) is 0 Å². The number of hydrogen-bond donors (Lipinski definition) is 0. The standard InChI is InChI=1S/C6H2O2/c7-3-1-4-5(2-3)6(4)8/h1-2H. The zero-order chi connectivity index (χ0) is 5.72. The van der Waals surface area contributed by atoms with Crippen LogP contribution in [0, 0.1) is 0 Å². The number of fused-ring (bicyclic) bond motifs is 1. The number of hydrogen-bond acceptors (Lipinski definition) is 2. The highest BCUT2D eigenvalue weighted by Crippen LogP contribution is 1.79. The van der Waals surface area contributed by atoms with Crippen LogP contribution in [0.25, 0.3) is 12.2 Å². The lowest BCUT2D eigenvalue weighted by molar-refractivity contribution is -0.107. The lowest BCUT2D eigenvalue weighted by Gasteiger charge is -1.66. The minimum absolute atomic E-state index is 0.0459. The molecule has 1 aliphatic carbocycles. The molecule has 1 aromatic carbocycles. The monoisotopic (exact) mass is 106 g/mol. The average molecular weight is 106 g/mol. The molecule has 2 nitrogen and oxygen atoms in total. The van der Waals surface area contributed by atoms with Crippen LogP contribution in [0.5, 0.6) is 0 Å². The summed E-state index contributed by atoms with van der Waals surface area (Å²) < 4.78 is 0. The third-order valence-corrected chi connectivity index (χ3v) is 1.29. The molecule has 0 fully saturated rings. The first-order valence-corrected chi connectivity index (χ1v) is 2.31. The van der Waals surface area contributed by atoms with Crippen LogP contribution in [0.4, 0.5) is 0 Å². The summed E-state index contributed by atoms with van der Waals surface area (Å²) in [7, 11) is 0. The van der Waals surface area contributed by atoms with Gasteiger partial charge in [0.15, 0.2) is 11.2 Å². The molecule has 2 rings (SSSR count). The van der Waals surface area contributed by atoms with Crippen molar-refractivity contribution in [3.05, 3.63) is 20.7 Å². The summed E-state index contributed by atoms with van der Waals surface area (Å²) in [6, 6.07) is 0. The maximum atomic E-state index is 10.4. The van der Waals surface area contributed by atoms with Gasteiger partial charge in [0.05, 0.1) is 0 Å². The van der Waals surface area contributed by atoms with Gasteiger partial charge < -0.3 is 0 Å². The van der Waals surface area contributed by atoms with Crippen molar-refractivity contribution >= 4 is 17.9 Å². The zero-order valence-electron chi connectivity index (χ0n) is 3.97. The Morgan fingerprint density at radius 2 is 1.50 bits per heavy atom. The van der Waals surface area contributed by atoms with Crippen molar-refractivity contribution in [3.63, 3.8) is 0 Å². The molecule has 0 aromatic heterocycles. The van der Waals surface area contributed by atoms with Crippen molar-refractivity contribution in [3.8, 4) is 0 Å². The van der Waals surface area contributed by atoms with Crippen molar-refractivity contribution in [2.45, 2.75) is 0 Å². The normalized spacial score (nSPS) is 15.8. The highest BCUT2D eigenvalue weighted by atomic mass is 16.1. The van der Waals surface area contributed by atoms with Gasteiger partial charge in [-0.3, -0.25) is 9.59 Å². The molecule has 38 valence electrons. The van der Waals surface area contributed by atoms with E-state index >= 15 is 0 Å². The summed E-state index contributed by atoms with van der Waals surface area (Å²) in [6.45, 7) is 0. The van der Waals surface area contributed by atoms with E-state index < -0.39 is 0 Å². The zero-order valence-corrected chi connectivity index (χ0v) is 3.97. The van der Waals surface area contributed by atoms with Gasteiger partial charge in [0.2, 0.25) is 0 Å². The summed E-state index contributed by atoms with van der Waals surface area (Å²) in [5.41, 5.74) is 0.0459. The molecule has 0 spiro atoms. The lowest BCUT2D eigenvalue weighted by atomic mass is 10.4. The maximum Gasteiger partial charge on any atom is 0.194 e. The molecule has 0 saturated carbocycles. The van der Waals surface area contributed by atoms with E-state index in [9.17, 15) is 9.59 Å². The van der Waals surface area contributed by atoms with Gasteiger partial charge in [0.1, 0.15) is 0 Å². The third kappa shape index (κ3) is 0.249. The Labute approximate surface area is 44.4 Å². The van der Waals surface area contributed by atoms with Crippen molar-refractivity contribution in [1.29, 1.82) is 0 Å². The van der Waals surface area contributed by atoms with Crippen LogP contribution >= 0.6 is 0 Å². The van der Waals surface area contributed by atoms with Gasteiger partial charge in [0, 0.05) is 10.4 Å². The Hall–Kier alpha value is -1.18. The Balaban J connectivity index is 3.03. The molecule has 0 radical (unpaired) electrons. The van der Waals surface area contributed by atoms with E-state index in [0.29, 0.717) is 10.4 Å². The highest BCUT2D eigenvalue weighted by Gasteiger charge is 2.13. The first-order chi connectivity index (χ1) is 3.79. The van der Waals surface area contributed by atoms with Gasteiger partial charge in [-0.15, -0.1) is 0 Å². The Morgan fingerprint density at radius 3 is 1.88 bits per heavy atom. The topological polar surface area (TPSA) is 34.1 Å². The minimum atomic E-state index is -0.0467. The molecule has 0 unspecified atom stereocenters. The predicted octanol–water partition coefficient (Wildman–Crippen LogP) is -1.93. The maximum absolute atomic E-state index is 10.4. The van der Waals surface area contributed by atoms with Gasteiger partial charge in [-0.25, -0.2) is 0 Å². The lowest BCUT2D eigenvalue weighted by Crippen LogP contribution is -1.99. The van der Waals surface area contributed by atoms with Crippen LogP contribution in [0.2, 0.25) is 0 Å². The second kappa shape index (κ2) is 0.823. The Morgan fingerprint density at radius 1 is 1.00 bits per heavy atom. The molecule has 0 atom stereocenters. The minimum Gasteiger partial charge on any atom is -0.290 e. The SMILES string of the molecule is O=C1C=c2c(=O)c2=C1. The van der Waals surface area contributed by atoms with Crippen molar-refractivity contribution in [2.75, 3.05) is 0 Å². The summed E-state index contributed by atoms with van der Waals surface area (Å²) in [5.74, 6) is -0.0467. The smallest absolute Gasteiger partial charge is 0.194 e. The van der Waals surface area contributed by atoms with Crippen LogP contribution < -0.4 is 15.9 Å². The molecule has 2 heteroatoms. The highest BCUT2D eigenvalue weighted by molar-refractivity contribution is 6.27. The molecule has 1 aromatic rings. The molecular weight excluding hydrogens is 104 g/mol. The Bertz CT molecular complexity index is 341. The largest absolute Gasteiger partial charge is 0.290 e. The van der Waals surface area contributed by atoms with E-state index in [-0.39, 0.29) is 11.2 Å². The average Bonchev–Trinajstić information content (AvgIpc) is 2.29. The van der Waals surface area contributed by atoms with E-state index in [1.165, 1.54) is 12.2 Å². The molecule has 0 heterocycles. The number of carbonyl (C=O) groups is 1. The van der Waals surface area contributed by atoms with Gasteiger partial charge in [0.25, 0.3) is 0 Å². The second-order valence-electron chi connectivity index (χ2n) is 1.85. The summed E-state index contributed by atoms with van der Waals surface area (Å²) in [5, 5.41) is 1.24. The summed E-state index contributed by atoms with van der Waals surface area (Å²) in [6.07, 6.45) is 2.75. The quantitative estimate of drug-likeness (QED) is 0.386. The van der Waals surface area contributed by atoms with Gasteiger partial charge in [-0.1, -0.05) is 0 Å². The van der Waals surface area contributed by atoms with Crippen molar-refractivity contribution in [2.24, 2.45) is 0 Å². The number of rotatable bonds is 0. The fourth-order valence-corrected chi connectivity index (χ4v) is 0.811. The van der Waals surface area contributed by atoms with Gasteiger partial charge in [-0.05, 0) is 12.2 Å². The number of Topliss-reactive ketones (excluding diaryl/α,β-unsaturated/α-hetero) is 1. The van der Waals surface area contributed by atoms with E-state index in [1.807, 2.05) is 0 Å². The molecule has 0 bridgehead atoms. The fraction of sp³-hybridized carbons (Fsp3) is 0. The Kier molecular flexibility index (Phi) is 0.388. The summed E-state index contributed by atoms with van der Waals surface area (Å²) >= 11 is 0.